The van der Waals surface area contributed by atoms with Crippen molar-refractivity contribution in [2.75, 3.05) is 0 Å². The van der Waals surface area contributed by atoms with Crippen LogP contribution in [0.1, 0.15) is 0 Å². The molecule has 0 aliphatic carbocycles. The topological polar surface area (TPSA) is 25.8 Å². The van der Waals surface area contributed by atoms with Crippen molar-refractivity contribution in [3.05, 3.63) is 188 Å². The molecule has 0 amide bonds. The number of hydrogen-bond acceptors (Lipinski definition) is 2. The lowest BCUT2D eigenvalue weighted by molar-refractivity contribution is 1.18. The van der Waals surface area contributed by atoms with E-state index in [-0.39, 0.29) is 0 Å². The van der Waals surface area contributed by atoms with Crippen LogP contribution in [0.2, 0.25) is 6.55 Å². The van der Waals surface area contributed by atoms with Crippen molar-refractivity contribution < 1.29 is 0 Å². The zero-order valence-electron chi connectivity index (χ0n) is 27.8. The Labute approximate surface area is 294 Å². The fourth-order valence-corrected chi connectivity index (χ4v) is 11.7. The molecule has 0 saturated heterocycles. The second-order valence-electron chi connectivity index (χ2n) is 13.2. The van der Waals surface area contributed by atoms with E-state index >= 15 is 0 Å². The SMILES string of the molecule is C[Si]1(c2ccccc2)c2ccccc2-c2ccc(-c3cccc(-c4cccc(-c5cc(-c6ccccc6)nc(-c6ccccc6)n5)c4)c3)cc21. The van der Waals surface area contributed by atoms with Crippen molar-refractivity contribution in [2.24, 2.45) is 0 Å². The molecule has 1 unspecified atom stereocenters. The summed E-state index contributed by atoms with van der Waals surface area (Å²) in [6, 6.07) is 67.6. The van der Waals surface area contributed by atoms with E-state index in [0.29, 0.717) is 0 Å². The monoisotopic (exact) mass is 654 g/mol. The molecule has 236 valence electrons. The molecular formula is C47H34N2Si. The molecule has 1 aliphatic rings. The van der Waals surface area contributed by atoms with Crippen LogP contribution in [-0.2, 0) is 0 Å². The minimum Gasteiger partial charge on any atom is -0.228 e. The Bertz CT molecular complexity index is 2430. The van der Waals surface area contributed by atoms with Crippen molar-refractivity contribution in [1.82, 2.24) is 9.97 Å². The van der Waals surface area contributed by atoms with Gasteiger partial charge in [-0.05, 0) is 67.1 Å². The van der Waals surface area contributed by atoms with Gasteiger partial charge in [-0.1, -0.05) is 176 Å². The first-order valence-corrected chi connectivity index (χ1v) is 19.7. The summed E-state index contributed by atoms with van der Waals surface area (Å²) in [5, 5.41) is 4.44. The summed E-state index contributed by atoms with van der Waals surface area (Å²) in [4.78, 5) is 10.1. The molecule has 3 heteroatoms. The average Bonchev–Trinajstić information content (AvgIpc) is 3.47. The minimum absolute atomic E-state index is 0.721. The molecule has 0 fully saturated rings. The van der Waals surface area contributed by atoms with Crippen LogP contribution in [-0.4, -0.2) is 18.0 Å². The van der Waals surface area contributed by atoms with E-state index in [1.54, 1.807) is 0 Å². The van der Waals surface area contributed by atoms with Crippen molar-refractivity contribution in [3.63, 3.8) is 0 Å². The maximum Gasteiger partial charge on any atom is 0.160 e. The lowest BCUT2D eigenvalue weighted by Gasteiger charge is -2.26. The molecular weight excluding hydrogens is 621 g/mol. The Balaban J connectivity index is 1.11. The largest absolute Gasteiger partial charge is 0.228 e. The van der Waals surface area contributed by atoms with Crippen LogP contribution in [0.25, 0.3) is 67.3 Å². The van der Waals surface area contributed by atoms with Gasteiger partial charge in [-0.25, -0.2) is 9.97 Å². The number of rotatable bonds is 6. The maximum absolute atomic E-state index is 5.08. The van der Waals surface area contributed by atoms with Crippen molar-refractivity contribution in [1.29, 1.82) is 0 Å². The smallest absolute Gasteiger partial charge is 0.160 e. The van der Waals surface area contributed by atoms with Gasteiger partial charge in [-0.2, -0.15) is 0 Å². The fourth-order valence-electron chi connectivity index (χ4n) is 7.56. The number of benzene rings is 7. The lowest BCUT2D eigenvalue weighted by atomic mass is 9.96. The molecule has 2 nitrogen and oxygen atoms in total. The molecule has 0 bridgehead atoms. The predicted molar refractivity (Wildman–Crippen MR) is 212 cm³/mol. The highest BCUT2D eigenvalue weighted by Crippen LogP contribution is 2.34. The molecule has 2 heterocycles. The van der Waals surface area contributed by atoms with Gasteiger partial charge in [-0.15, -0.1) is 0 Å². The second kappa shape index (κ2) is 12.4. The molecule has 1 aromatic heterocycles. The van der Waals surface area contributed by atoms with E-state index in [2.05, 4.69) is 170 Å². The van der Waals surface area contributed by atoms with Crippen molar-refractivity contribution in [2.45, 2.75) is 6.55 Å². The van der Waals surface area contributed by atoms with Crippen LogP contribution in [0, 0.1) is 0 Å². The molecule has 9 rings (SSSR count). The standard InChI is InChI=1S/C47H34N2Si/c1-50(40-23-9-4-10-24-40)45-26-12-11-25-41(45)42-28-27-38(31-46(42)50)36-20-13-19-35(29-36)37-21-14-22-39(30-37)44-32-43(33-15-5-2-6-16-33)48-47(49-44)34-17-7-3-8-18-34/h2-32H,1H3. The molecule has 8 aromatic rings. The van der Waals surface area contributed by atoms with Crippen LogP contribution in [0.15, 0.2) is 188 Å². The Kier molecular flexibility index (Phi) is 7.41. The third-order valence-corrected chi connectivity index (χ3v) is 14.7. The highest BCUT2D eigenvalue weighted by atomic mass is 28.3. The van der Waals surface area contributed by atoms with Gasteiger partial charge in [0.25, 0.3) is 0 Å². The quantitative estimate of drug-likeness (QED) is 0.167. The Morgan fingerprint density at radius 3 is 1.50 bits per heavy atom. The van der Waals surface area contributed by atoms with E-state index < -0.39 is 8.07 Å². The van der Waals surface area contributed by atoms with Crippen LogP contribution < -0.4 is 15.6 Å². The summed E-state index contributed by atoms with van der Waals surface area (Å²) in [6.45, 7) is 2.51. The molecule has 7 aromatic carbocycles. The summed E-state index contributed by atoms with van der Waals surface area (Å²) < 4.78 is 0. The maximum atomic E-state index is 5.08. The van der Waals surface area contributed by atoms with Gasteiger partial charge in [0.1, 0.15) is 8.07 Å². The molecule has 0 radical (unpaired) electrons. The Morgan fingerprint density at radius 2 is 0.820 bits per heavy atom. The first-order valence-electron chi connectivity index (χ1n) is 17.2. The molecule has 1 atom stereocenters. The van der Waals surface area contributed by atoms with E-state index in [4.69, 9.17) is 9.97 Å². The highest BCUT2D eigenvalue weighted by Gasteiger charge is 2.42. The summed E-state index contributed by atoms with van der Waals surface area (Å²) >= 11 is 0. The van der Waals surface area contributed by atoms with Crippen molar-refractivity contribution in [3.8, 4) is 67.3 Å². The van der Waals surface area contributed by atoms with Gasteiger partial charge in [0, 0.05) is 16.7 Å². The van der Waals surface area contributed by atoms with E-state index in [9.17, 15) is 0 Å². The number of hydrogen-bond donors (Lipinski definition) is 0. The van der Waals surface area contributed by atoms with E-state index in [0.717, 1.165) is 39.5 Å². The molecule has 0 saturated carbocycles. The van der Waals surface area contributed by atoms with Gasteiger partial charge in [-0.3, -0.25) is 0 Å². The van der Waals surface area contributed by atoms with Crippen molar-refractivity contribution >= 4 is 23.6 Å². The second-order valence-corrected chi connectivity index (χ2v) is 17.1. The summed E-state index contributed by atoms with van der Waals surface area (Å²) in [5.41, 5.74) is 12.5. The first kappa shape index (κ1) is 29.9. The zero-order chi connectivity index (χ0) is 33.5. The number of aromatic nitrogens is 2. The van der Waals surface area contributed by atoms with Crippen LogP contribution in [0.5, 0.6) is 0 Å². The molecule has 50 heavy (non-hydrogen) atoms. The van der Waals surface area contributed by atoms with Gasteiger partial charge in [0.15, 0.2) is 5.82 Å². The third-order valence-electron chi connectivity index (χ3n) is 10.2. The Hall–Kier alpha value is -6.16. The molecule has 1 aliphatic heterocycles. The Morgan fingerprint density at radius 1 is 0.340 bits per heavy atom. The summed E-state index contributed by atoms with van der Waals surface area (Å²) in [6.07, 6.45) is 0. The normalized spacial score (nSPS) is 14.6. The first-order chi connectivity index (χ1) is 24.6. The van der Waals surface area contributed by atoms with Crippen LogP contribution >= 0.6 is 0 Å². The number of nitrogens with zero attached hydrogens (tertiary/aromatic N) is 2. The van der Waals surface area contributed by atoms with Crippen LogP contribution in [0.3, 0.4) is 0 Å². The molecule has 0 N–H and O–H groups in total. The zero-order valence-corrected chi connectivity index (χ0v) is 28.8. The van der Waals surface area contributed by atoms with E-state index in [1.807, 2.05) is 24.3 Å². The van der Waals surface area contributed by atoms with E-state index in [1.165, 1.54) is 43.4 Å². The summed E-state index contributed by atoms with van der Waals surface area (Å²) in [7, 11) is -2.16. The van der Waals surface area contributed by atoms with Gasteiger partial charge < -0.3 is 0 Å². The fraction of sp³-hybridized carbons (Fsp3) is 0.0213. The van der Waals surface area contributed by atoms with Crippen LogP contribution in [0.4, 0.5) is 0 Å². The van der Waals surface area contributed by atoms with Gasteiger partial charge in [0.2, 0.25) is 0 Å². The minimum atomic E-state index is -2.16. The third kappa shape index (κ3) is 5.20. The predicted octanol–water partition coefficient (Wildman–Crippen LogP) is 9.89. The number of fused-ring (bicyclic) bond motifs is 3. The van der Waals surface area contributed by atoms with Gasteiger partial charge >= 0.3 is 0 Å². The average molecular weight is 655 g/mol. The van der Waals surface area contributed by atoms with Gasteiger partial charge in [0.05, 0.1) is 11.4 Å². The highest BCUT2D eigenvalue weighted by molar-refractivity contribution is 7.13. The lowest BCUT2D eigenvalue weighted by Crippen LogP contribution is -2.62. The molecule has 0 spiro atoms. The summed E-state index contributed by atoms with van der Waals surface area (Å²) in [5.74, 6) is 0.721.